The van der Waals surface area contributed by atoms with Crippen molar-refractivity contribution in [1.82, 2.24) is 10.6 Å². The van der Waals surface area contributed by atoms with Crippen LogP contribution < -0.4 is 16.4 Å². The standard InChI is InChI=1S/C30H37N3O7/c1-2-40-29(39)30(17-9-14-22(30)25(34)15-16-26(35)36)33-28(38)24(19-21-12-7-4-8-13-21)32-27(37)23(31)18-20-10-5-3-6-11-20/h3-8,10-13,22-24H,2,9,14-19,31H2,1H3,(H,32,37)(H,33,38)(H,35,36)/t22?,23-,24-,30?/m0/s1. The van der Waals surface area contributed by atoms with Crippen molar-refractivity contribution in [2.24, 2.45) is 11.7 Å². The van der Waals surface area contributed by atoms with Crippen molar-refractivity contribution in [1.29, 1.82) is 0 Å². The fraction of sp³-hybridized carbons (Fsp3) is 0.433. The van der Waals surface area contributed by atoms with Gasteiger partial charge in [0, 0.05) is 12.8 Å². The van der Waals surface area contributed by atoms with Gasteiger partial charge in [-0.3, -0.25) is 19.2 Å². The third-order valence-electron chi connectivity index (χ3n) is 7.17. The normalized spacial score (nSPS) is 19.7. The van der Waals surface area contributed by atoms with Gasteiger partial charge in [-0.2, -0.15) is 0 Å². The lowest BCUT2D eigenvalue weighted by molar-refractivity contribution is -0.157. The molecule has 0 aliphatic heterocycles. The molecule has 1 aliphatic carbocycles. The molecule has 10 nitrogen and oxygen atoms in total. The first-order chi connectivity index (χ1) is 19.2. The van der Waals surface area contributed by atoms with Crippen molar-refractivity contribution in [3.63, 3.8) is 0 Å². The van der Waals surface area contributed by atoms with E-state index in [4.69, 9.17) is 15.6 Å². The van der Waals surface area contributed by atoms with Crippen LogP contribution in [0.25, 0.3) is 0 Å². The zero-order chi connectivity index (χ0) is 29.1. The molecule has 0 heterocycles. The molecule has 0 spiro atoms. The Balaban J connectivity index is 1.86. The lowest BCUT2D eigenvalue weighted by Crippen LogP contribution is -2.63. The number of hydrogen-bond donors (Lipinski definition) is 4. The molecule has 2 aromatic rings. The van der Waals surface area contributed by atoms with Gasteiger partial charge in [0.05, 0.1) is 25.0 Å². The van der Waals surface area contributed by atoms with Gasteiger partial charge in [-0.1, -0.05) is 60.7 Å². The summed E-state index contributed by atoms with van der Waals surface area (Å²) < 4.78 is 5.29. The molecule has 5 N–H and O–H groups in total. The van der Waals surface area contributed by atoms with E-state index in [1.54, 1.807) is 6.92 Å². The van der Waals surface area contributed by atoms with Crippen LogP contribution in [-0.2, 0) is 41.6 Å². The number of rotatable bonds is 14. The van der Waals surface area contributed by atoms with Gasteiger partial charge in [0.2, 0.25) is 11.8 Å². The molecule has 0 aromatic heterocycles. The number of ketones is 1. The predicted molar refractivity (Wildman–Crippen MR) is 147 cm³/mol. The summed E-state index contributed by atoms with van der Waals surface area (Å²) in [7, 11) is 0. The minimum absolute atomic E-state index is 0.0327. The van der Waals surface area contributed by atoms with Crippen LogP contribution in [0, 0.1) is 5.92 Å². The predicted octanol–water partition coefficient (Wildman–Crippen LogP) is 1.94. The third-order valence-corrected chi connectivity index (χ3v) is 7.17. The quantitative estimate of drug-likeness (QED) is 0.259. The molecule has 214 valence electrons. The lowest BCUT2D eigenvalue weighted by Gasteiger charge is -2.35. The van der Waals surface area contributed by atoms with Crippen LogP contribution >= 0.6 is 0 Å². The average molecular weight is 552 g/mol. The number of ether oxygens (including phenoxy) is 1. The van der Waals surface area contributed by atoms with Gasteiger partial charge in [0.15, 0.2) is 0 Å². The molecular weight excluding hydrogens is 514 g/mol. The molecule has 2 unspecified atom stereocenters. The van der Waals surface area contributed by atoms with Gasteiger partial charge in [-0.25, -0.2) is 4.79 Å². The van der Waals surface area contributed by atoms with Crippen molar-refractivity contribution in [3.05, 3.63) is 71.8 Å². The monoisotopic (exact) mass is 551 g/mol. The largest absolute Gasteiger partial charge is 0.481 e. The average Bonchev–Trinajstić information content (AvgIpc) is 3.37. The van der Waals surface area contributed by atoms with Gasteiger partial charge in [-0.15, -0.1) is 0 Å². The molecule has 0 radical (unpaired) electrons. The number of Topliss-reactive ketones (excluding diaryl/α,β-unsaturated/α-hetero) is 1. The molecular formula is C30H37N3O7. The maximum atomic E-state index is 13.8. The van der Waals surface area contributed by atoms with E-state index in [1.807, 2.05) is 60.7 Å². The highest BCUT2D eigenvalue weighted by Crippen LogP contribution is 2.38. The summed E-state index contributed by atoms with van der Waals surface area (Å²) in [6.45, 7) is 1.65. The molecule has 4 atom stereocenters. The summed E-state index contributed by atoms with van der Waals surface area (Å²) in [5.41, 5.74) is 6.15. The minimum Gasteiger partial charge on any atom is -0.481 e. The van der Waals surface area contributed by atoms with Crippen LogP contribution in [-0.4, -0.2) is 58.9 Å². The molecule has 3 rings (SSSR count). The van der Waals surface area contributed by atoms with E-state index in [9.17, 15) is 24.0 Å². The Bertz CT molecular complexity index is 1190. The van der Waals surface area contributed by atoms with Gasteiger partial charge in [-0.05, 0) is 43.7 Å². The van der Waals surface area contributed by atoms with Crippen molar-refractivity contribution in [3.8, 4) is 0 Å². The molecule has 40 heavy (non-hydrogen) atoms. The van der Waals surface area contributed by atoms with Crippen LogP contribution in [0.3, 0.4) is 0 Å². The van der Waals surface area contributed by atoms with E-state index in [2.05, 4.69) is 10.6 Å². The van der Waals surface area contributed by atoms with Crippen LogP contribution in [0.2, 0.25) is 0 Å². The molecule has 0 bridgehead atoms. The Hall–Kier alpha value is -4.05. The number of hydrogen-bond acceptors (Lipinski definition) is 7. The first-order valence-corrected chi connectivity index (χ1v) is 13.5. The number of amides is 2. The first kappa shape index (κ1) is 30.5. The van der Waals surface area contributed by atoms with E-state index < -0.39 is 53.1 Å². The summed E-state index contributed by atoms with van der Waals surface area (Å²) in [6.07, 6.45) is 0.645. The maximum Gasteiger partial charge on any atom is 0.332 e. The number of nitrogens with two attached hydrogens (primary N) is 1. The number of nitrogens with one attached hydrogen (secondary N) is 2. The number of aliphatic carboxylic acids is 1. The van der Waals surface area contributed by atoms with Gasteiger partial charge < -0.3 is 26.2 Å². The fourth-order valence-corrected chi connectivity index (χ4v) is 5.16. The van der Waals surface area contributed by atoms with E-state index >= 15 is 0 Å². The number of carboxylic acids is 1. The second kappa shape index (κ2) is 14.4. The number of benzene rings is 2. The van der Waals surface area contributed by atoms with Crippen molar-refractivity contribution in [2.75, 3.05) is 6.61 Å². The zero-order valence-corrected chi connectivity index (χ0v) is 22.6. The Morgan fingerprint density at radius 2 is 1.55 bits per heavy atom. The topological polar surface area (TPSA) is 165 Å². The highest BCUT2D eigenvalue weighted by molar-refractivity contribution is 5.98. The lowest BCUT2D eigenvalue weighted by atomic mass is 9.82. The number of esters is 1. The highest BCUT2D eigenvalue weighted by atomic mass is 16.5. The molecule has 0 saturated heterocycles. The van der Waals surface area contributed by atoms with E-state index in [-0.39, 0.29) is 38.7 Å². The van der Waals surface area contributed by atoms with Crippen LogP contribution in [0.5, 0.6) is 0 Å². The van der Waals surface area contributed by atoms with Crippen molar-refractivity contribution >= 4 is 29.5 Å². The van der Waals surface area contributed by atoms with Gasteiger partial charge >= 0.3 is 11.9 Å². The van der Waals surface area contributed by atoms with Crippen molar-refractivity contribution < 1.29 is 33.8 Å². The van der Waals surface area contributed by atoms with Gasteiger partial charge in [0.25, 0.3) is 0 Å². The Labute approximate surface area is 233 Å². The summed E-state index contributed by atoms with van der Waals surface area (Å²) >= 11 is 0. The number of carboxylic acid groups (broad SMARTS) is 1. The van der Waals surface area contributed by atoms with Crippen LogP contribution in [0.15, 0.2) is 60.7 Å². The van der Waals surface area contributed by atoms with E-state index in [0.29, 0.717) is 12.8 Å². The van der Waals surface area contributed by atoms with Crippen LogP contribution in [0.1, 0.15) is 50.2 Å². The maximum absolute atomic E-state index is 13.8. The molecule has 1 saturated carbocycles. The summed E-state index contributed by atoms with van der Waals surface area (Å²) in [5, 5.41) is 14.6. The Kier molecular flexibility index (Phi) is 11.0. The number of carbonyl (C=O) groups excluding carboxylic acids is 4. The van der Waals surface area contributed by atoms with E-state index in [1.165, 1.54) is 0 Å². The Morgan fingerprint density at radius 1 is 0.950 bits per heavy atom. The molecule has 10 heteroatoms. The molecule has 2 aromatic carbocycles. The second-order valence-electron chi connectivity index (χ2n) is 10.0. The van der Waals surface area contributed by atoms with Crippen LogP contribution in [0.4, 0.5) is 0 Å². The zero-order valence-electron chi connectivity index (χ0n) is 22.6. The summed E-state index contributed by atoms with van der Waals surface area (Å²) in [4.78, 5) is 64.3. The SMILES string of the molecule is CCOC(=O)C1(NC(=O)[C@H](Cc2ccccc2)NC(=O)[C@@H](N)Cc2ccccc2)CCCC1C(=O)CCC(=O)O. The Morgan fingerprint density at radius 3 is 2.12 bits per heavy atom. The molecule has 2 amide bonds. The minimum atomic E-state index is -1.66. The number of carbonyl (C=O) groups is 5. The first-order valence-electron chi connectivity index (χ1n) is 13.5. The van der Waals surface area contributed by atoms with E-state index in [0.717, 1.165) is 11.1 Å². The third kappa shape index (κ3) is 7.98. The molecule has 1 fully saturated rings. The van der Waals surface area contributed by atoms with Gasteiger partial charge in [0.1, 0.15) is 17.4 Å². The second-order valence-corrected chi connectivity index (χ2v) is 10.0. The molecule has 1 aliphatic rings. The summed E-state index contributed by atoms with van der Waals surface area (Å²) in [5.74, 6) is -4.44. The van der Waals surface area contributed by atoms with Crippen molar-refractivity contribution in [2.45, 2.75) is 69.5 Å². The summed E-state index contributed by atoms with van der Waals surface area (Å²) in [6, 6.07) is 16.3. The highest BCUT2D eigenvalue weighted by Gasteiger charge is 2.54. The fourth-order valence-electron chi connectivity index (χ4n) is 5.16. The smallest absolute Gasteiger partial charge is 0.332 e.